The molecule has 0 unspecified atom stereocenters. The maximum absolute atomic E-state index is 12.4. The molecule has 0 atom stereocenters. The maximum atomic E-state index is 12.4. The Morgan fingerprint density at radius 1 is 1.19 bits per heavy atom. The highest BCUT2D eigenvalue weighted by Crippen LogP contribution is 2.36. The summed E-state index contributed by atoms with van der Waals surface area (Å²) < 4.78 is 37.2. The van der Waals surface area contributed by atoms with Crippen LogP contribution in [0.5, 0.6) is 0 Å². The van der Waals surface area contributed by atoms with Gasteiger partial charge in [0, 0.05) is 0 Å². The van der Waals surface area contributed by atoms with Crippen LogP contribution in [0.25, 0.3) is 0 Å². The fourth-order valence-electron chi connectivity index (χ4n) is 1.12. The van der Waals surface area contributed by atoms with Gasteiger partial charge in [-0.25, -0.2) is 0 Å². The number of hydrogen-bond acceptors (Lipinski definition) is 0. The van der Waals surface area contributed by atoms with Gasteiger partial charge in [0.1, 0.15) is 0 Å². The fourth-order valence-corrected chi connectivity index (χ4v) is 1.34. The van der Waals surface area contributed by atoms with Crippen LogP contribution in [0.3, 0.4) is 0 Å². The van der Waals surface area contributed by atoms with E-state index in [0.29, 0.717) is 5.56 Å². The van der Waals surface area contributed by atoms with Crippen molar-refractivity contribution in [2.24, 2.45) is 0 Å². The first kappa shape index (κ1) is 16.0. The van der Waals surface area contributed by atoms with Crippen LogP contribution in [0.4, 0.5) is 13.2 Å². The third-order valence-electron chi connectivity index (χ3n) is 1.96. The molecule has 0 radical (unpaired) electrons. The number of alkyl halides is 4. The van der Waals surface area contributed by atoms with E-state index in [4.69, 9.17) is 11.6 Å². The molecular weight excluding hydrogens is 351 g/mol. The van der Waals surface area contributed by atoms with Crippen molar-refractivity contribution in [3.8, 4) is 0 Å². The van der Waals surface area contributed by atoms with Gasteiger partial charge in [-0.15, -0.1) is 0 Å². The van der Waals surface area contributed by atoms with Crippen LogP contribution in [0, 0.1) is 0 Å². The van der Waals surface area contributed by atoms with Crippen molar-refractivity contribution in [1.29, 1.82) is 0 Å². The van der Waals surface area contributed by atoms with Crippen LogP contribution in [-0.2, 0) is 6.18 Å². The zero-order chi connectivity index (χ0) is 12.9. The van der Waals surface area contributed by atoms with Gasteiger partial charge in [-0.3, -0.25) is 0 Å². The molecule has 5 heteroatoms. The van der Waals surface area contributed by atoms with Crippen molar-refractivity contribution < 1.29 is 13.2 Å². The monoisotopic (exact) mass is 364 g/mol. The lowest BCUT2D eigenvalue weighted by molar-refractivity contribution is -0.137. The summed E-state index contributed by atoms with van der Waals surface area (Å²) in [7, 11) is 0. The lowest BCUT2D eigenvalue weighted by Crippen LogP contribution is -2.06. The van der Waals surface area contributed by atoms with E-state index < -0.39 is 11.7 Å². The zero-order valence-electron chi connectivity index (χ0n) is 9.20. The molecular formula is C11H13ClF3I. The summed E-state index contributed by atoms with van der Waals surface area (Å²) in [5, 5.41) is -0.248. The molecule has 0 nitrogen and oxygen atoms in total. The summed E-state index contributed by atoms with van der Waals surface area (Å²) in [6.45, 7) is 3.67. The van der Waals surface area contributed by atoms with Gasteiger partial charge >= 0.3 is 6.18 Å². The Morgan fingerprint density at radius 2 is 1.69 bits per heavy atom. The molecule has 0 saturated carbocycles. The van der Waals surface area contributed by atoms with Gasteiger partial charge in [0.05, 0.1) is 10.6 Å². The van der Waals surface area contributed by atoms with E-state index in [0.717, 1.165) is 6.07 Å². The number of rotatable bonds is 1. The zero-order valence-corrected chi connectivity index (χ0v) is 12.1. The van der Waals surface area contributed by atoms with Crippen molar-refractivity contribution >= 4 is 34.2 Å². The normalized spacial score (nSPS) is 11.1. The van der Waals surface area contributed by atoms with Crippen LogP contribution >= 0.6 is 34.2 Å². The van der Waals surface area contributed by atoms with E-state index in [1.165, 1.54) is 6.07 Å². The van der Waals surface area contributed by atoms with Crippen LogP contribution in [0.15, 0.2) is 18.2 Å². The van der Waals surface area contributed by atoms with Crippen molar-refractivity contribution in [3.05, 3.63) is 34.3 Å². The van der Waals surface area contributed by atoms with E-state index in [-0.39, 0.29) is 10.9 Å². The van der Waals surface area contributed by atoms with Crippen LogP contribution in [0.1, 0.15) is 30.9 Å². The average molecular weight is 365 g/mol. The quantitative estimate of drug-likeness (QED) is 0.454. The van der Waals surface area contributed by atoms with E-state index in [2.05, 4.69) is 22.6 Å². The summed E-state index contributed by atoms with van der Waals surface area (Å²) in [5.41, 5.74) is -0.118. The van der Waals surface area contributed by atoms with Crippen molar-refractivity contribution in [1.82, 2.24) is 0 Å². The van der Waals surface area contributed by atoms with Gasteiger partial charge in [-0.1, -0.05) is 54.1 Å². The Balaban J connectivity index is 0.00000106. The predicted octanol–water partition coefficient (Wildman–Crippen LogP) is 5.53. The Kier molecular flexibility index (Phi) is 6.70. The van der Waals surface area contributed by atoms with E-state index in [1.807, 2.05) is 18.8 Å². The van der Waals surface area contributed by atoms with Crippen molar-refractivity contribution in [2.45, 2.75) is 25.9 Å². The molecule has 16 heavy (non-hydrogen) atoms. The molecule has 0 amide bonds. The minimum atomic E-state index is -4.37. The van der Waals surface area contributed by atoms with Gasteiger partial charge < -0.3 is 0 Å². The highest BCUT2D eigenvalue weighted by atomic mass is 127. The number of hydrogen-bond donors (Lipinski definition) is 0. The maximum Gasteiger partial charge on any atom is 0.417 e. The Morgan fingerprint density at radius 3 is 2.06 bits per heavy atom. The molecule has 0 aromatic heterocycles. The first-order chi connectivity index (χ1) is 7.32. The molecule has 0 saturated heterocycles. The number of halogens is 5. The largest absolute Gasteiger partial charge is 0.417 e. The summed E-state index contributed by atoms with van der Waals surface area (Å²) in [4.78, 5) is 1.97. The molecule has 0 bridgehead atoms. The standard InChI is InChI=1S/C10H10ClF3.CH3I/c1-6(2)7-3-4-9(11)8(5-7)10(12,13)14;1-2/h3-6H,1-2H3;1H3. The van der Waals surface area contributed by atoms with Gasteiger partial charge in [-0.05, 0) is 28.5 Å². The molecule has 1 rings (SSSR count). The van der Waals surface area contributed by atoms with Gasteiger partial charge in [0.2, 0.25) is 0 Å². The van der Waals surface area contributed by atoms with E-state index in [1.54, 1.807) is 6.07 Å². The van der Waals surface area contributed by atoms with Gasteiger partial charge in [-0.2, -0.15) is 13.2 Å². The molecule has 92 valence electrons. The fraction of sp³-hybridized carbons (Fsp3) is 0.455. The van der Waals surface area contributed by atoms with E-state index >= 15 is 0 Å². The lowest BCUT2D eigenvalue weighted by Gasteiger charge is -2.12. The predicted molar refractivity (Wildman–Crippen MR) is 70.5 cm³/mol. The number of benzene rings is 1. The summed E-state index contributed by atoms with van der Waals surface area (Å²) in [6, 6.07) is 4.01. The molecule has 0 aliphatic carbocycles. The summed E-state index contributed by atoms with van der Waals surface area (Å²) in [5.74, 6) is 0.0633. The minimum Gasteiger partial charge on any atom is -0.166 e. The second kappa shape index (κ2) is 6.69. The molecule has 0 spiro atoms. The summed E-state index contributed by atoms with van der Waals surface area (Å²) >= 11 is 7.62. The molecule has 0 fully saturated rings. The van der Waals surface area contributed by atoms with Crippen LogP contribution < -0.4 is 0 Å². The van der Waals surface area contributed by atoms with Gasteiger partial charge in [0.15, 0.2) is 0 Å². The highest BCUT2D eigenvalue weighted by molar-refractivity contribution is 14.1. The molecule has 1 aromatic carbocycles. The second-order valence-corrected chi connectivity index (χ2v) is 3.80. The minimum absolute atomic E-state index is 0.0633. The molecule has 0 N–H and O–H groups in total. The van der Waals surface area contributed by atoms with Gasteiger partial charge in [0.25, 0.3) is 0 Å². The molecule has 0 aliphatic rings. The topological polar surface area (TPSA) is 0 Å². The van der Waals surface area contributed by atoms with Crippen molar-refractivity contribution in [3.63, 3.8) is 0 Å². The third kappa shape index (κ3) is 4.49. The molecule has 0 heterocycles. The Labute approximate surface area is 112 Å². The molecule has 1 aromatic rings. The summed E-state index contributed by atoms with van der Waals surface area (Å²) in [6.07, 6.45) is -4.37. The first-order valence-corrected chi connectivity index (χ1v) is 7.10. The van der Waals surface area contributed by atoms with Crippen molar-refractivity contribution in [2.75, 3.05) is 4.93 Å². The SMILES string of the molecule is CC(C)c1ccc(Cl)c(C(F)(F)F)c1.CI. The second-order valence-electron chi connectivity index (χ2n) is 3.39. The molecule has 0 aliphatic heterocycles. The first-order valence-electron chi connectivity index (χ1n) is 4.57. The van der Waals surface area contributed by atoms with Crippen LogP contribution in [-0.4, -0.2) is 4.93 Å². The lowest BCUT2D eigenvalue weighted by atomic mass is 10.0. The highest BCUT2D eigenvalue weighted by Gasteiger charge is 2.33. The average Bonchev–Trinajstić information content (AvgIpc) is 2.19. The van der Waals surface area contributed by atoms with Crippen LogP contribution in [0.2, 0.25) is 5.02 Å². The Bertz CT molecular complexity index is 334. The Hall–Kier alpha value is 0.0300. The van der Waals surface area contributed by atoms with E-state index in [9.17, 15) is 13.2 Å². The smallest absolute Gasteiger partial charge is 0.166 e. The third-order valence-corrected chi connectivity index (χ3v) is 2.29.